The van der Waals surface area contributed by atoms with Crippen molar-refractivity contribution in [3.05, 3.63) is 12.7 Å². The van der Waals surface area contributed by atoms with Crippen LogP contribution in [0, 0.1) is 11.8 Å². The highest BCUT2D eigenvalue weighted by Gasteiger charge is 2.18. The van der Waals surface area contributed by atoms with Crippen molar-refractivity contribution < 1.29 is 9.47 Å². The van der Waals surface area contributed by atoms with Gasteiger partial charge in [0.05, 0.1) is 0 Å². The SMILES string of the molecule is C=CC#CC(C)(C)OC(C)OCCCC. The molecule has 0 saturated heterocycles. The molecule has 1 unspecified atom stereocenters. The molecule has 0 N–H and O–H groups in total. The Morgan fingerprint density at radius 1 is 1.47 bits per heavy atom. The van der Waals surface area contributed by atoms with E-state index in [2.05, 4.69) is 25.3 Å². The third-order valence-corrected chi connectivity index (χ3v) is 1.79. The van der Waals surface area contributed by atoms with E-state index in [0.717, 1.165) is 19.4 Å². The minimum absolute atomic E-state index is 0.217. The van der Waals surface area contributed by atoms with Gasteiger partial charge in [0, 0.05) is 6.61 Å². The van der Waals surface area contributed by atoms with Gasteiger partial charge in [0.25, 0.3) is 0 Å². The molecule has 2 nitrogen and oxygen atoms in total. The molecular formula is C13H22O2. The van der Waals surface area contributed by atoms with Gasteiger partial charge in [-0.2, -0.15) is 0 Å². The van der Waals surface area contributed by atoms with Crippen LogP contribution in [0.2, 0.25) is 0 Å². The van der Waals surface area contributed by atoms with Crippen LogP contribution >= 0.6 is 0 Å². The molecule has 0 spiro atoms. The lowest BCUT2D eigenvalue weighted by Gasteiger charge is -2.24. The Labute approximate surface area is 93.7 Å². The van der Waals surface area contributed by atoms with E-state index in [4.69, 9.17) is 9.47 Å². The van der Waals surface area contributed by atoms with E-state index in [0.29, 0.717) is 0 Å². The van der Waals surface area contributed by atoms with E-state index in [9.17, 15) is 0 Å². The molecule has 0 aliphatic rings. The largest absolute Gasteiger partial charge is 0.353 e. The highest BCUT2D eigenvalue weighted by atomic mass is 16.7. The Balaban J connectivity index is 3.92. The predicted molar refractivity (Wildman–Crippen MR) is 63.5 cm³/mol. The van der Waals surface area contributed by atoms with Crippen LogP contribution in [0.5, 0.6) is 0 Å². The van der Waals surface area contributed by atoms with Crippen molar-refractivity contribution in [1.82, 2.24) is 0 Å². The summed E-state index contributed by atoms with van der Waals surface area (Å²) in [4.78, 5) is 0. The highest BCUT2D eigenvalue weighted by molar-refractivity contribution is 5.19. The first-order valence-electron chi connectivity index (χ1n) is 5.45. The summed E-state index contributed by atoms with van der Waals surface area (Å²) in [6.45, 7) is 12.2. The van der Waals surface area contributed by atoms with Crippen molar-refractivity contribution in [2.24, 2.45) is 0 Å². The summed E-state index contributed by atoms with van der Waals surface area (Å²) in [6.07, 6.45) is 3.54. The zero-order valence-electron chi connectivity index (χ0n) is 10.3. The Morgan fingerprint density at radius 2 is 2.13 bits per heavy atom. The van der Waals surface area contributed by atoms with Crippen LogP contribution < -0.4 is 0 Å². The maximum Gasteiger partial charge on any atom is 0.156 e. The van der Waals surface area contributed by atoms with Crippen molar-refractivity contribution in [3.63, 3.8) is 0 Å². The van der Waals surface area contributed by atoms with Crippen molar-refractivity contribution in [2.75, 3.05) is 6.61 Å². The molecule has 0 heterocycles. The Kier molecular flexibility index (Phi) is 7.11. The zero-order chi connectivity index (χ0) is 11.7. The van der Waals surface area contributed by atoms with Crippen LogP contribution in [-0.2, 0) is 9.47 Å². The molecule has 0 bridgehead atoms. The van der Waals surface area contributed by atoms with Crippen LogP contribution in [0.15, 0.2) is 12.7 Å². The van der Waals surface area contributed by atoms with Gasteiger partial charge in [0.15, 0.2) is 6.29 Å². The smallest absolute Gasteiger partial charge is 0.156 e. The standard InChI is InChI=1S/C13H22O2/c1-6-8-10-13(4,5)15-12(3)14-11-9-7-2/h6,12H,1,7,9,11H2,2-5H3. The minimum atomic E-state index is -0.486. The summed E-state index contributed by atoms with van der Waals surface area (Å²) >= 11 is 0. The lowest BCUT2D eigenvalue weighted by atomic mass is 10.1. The molecule has 0 amide bonds. The zero-order valence-corrected chi connectivity index (χ0v) is 10.3. The van der Waals surface area contributed by atoms with Gasteiger partial charge in [-0.25, -0.2) is 0 Å². The minimum Gasteiger partial charge on any atom is -0.353 e. The van der Waals surface area contributed by atoms with Crippen LogP contribution in [-0.4, -0.2) is 18.5 Å². The van der Waals surface area contributed by atoms with Crippen LogP contribution in [0.3, 0.4) is 0 Å². The van der Waals surface area contributed by atoms with E-state index in [1.165, 1.54) is 0 Å². The van der Waals surface area contributed by atoms with E-state index < -0.39 is 5.60 Å². The molecule has 86 valence electrons. The number of allylic oxidation sites excluding steroid dienone is 1. The lowest BCUT2D eigenvalue weighted by molar-refractivity contribution is -0.172. The maximum absolute atomic E-state index is 5.64. The van der Waals surface area contributed by atoms with Gasteiger partial charge >= 0.3 is 0 Å². The topological polar surface area (TPSA) is 18.5 Å². The first-order chi connectivity index (χ1) is 7.02. The summed E-state index contributed by atoms with van der Waals surface area (Å²) in [7, 11) is 0. The van der Waals surface area contributed by atoms with Gasteiger partial charge in [-0.1, -0.05) is 31.8 Å². The summed E-state index contributed by atoms with van der Waals surface area (Å²) in [5.41, 5.74) is -0.486. The Bertz CT molecular complexity index is 233. The lowest BCUT2D eigenvalue weighted by Crippen LogP contribution is -2.29. The summed E-state index contributed by atoms with van der Waals surface area (Å²) in [5.74, 6) is 5.75. The predicted octanol–water partition coefficient (Wildman–Crippen LogP) is 3.13. The van der Waals surface area contributed by atoms with E-state index in [-0.39, 0.29) is 6.29 Å². The van der Waals surface area contributed by atoms with Crippen LogP contribution in [0.4, 0.5) is 0 Å². The molecule has 15 heavy (non-hydrogen) atoms. The molecule has 0 aromatic heterocycles. The molecule has 0 aromatic carbocycles. The average Bonchev–Trinajstić information content (AvgIpc) is 2.14. The molecular weight excluding hydrogens is 188 g/mol. The number of hydrogen-bond acceptors (Lipinski definition) is 2. The Morgan fingerprint density at radius 3 is 2.67 bits per heavy atom. The van der Waals surface area contributed by atoms with E-state index in [1.54, 1.807) is 6.08 Å². The normalized spacial score (nSPS) is 12.8. The molecule has 0 fully saturated rings. The third kappa shape index (κ3) is 8.23. The first kappa shape index (κ1) is 14.2. The van der Waals surface area contributed by atoms with Crippen molar-refractivity contribution in [2.45, 2.75) is 52.4 Å². The molecule has 2 heteroatoms. The van der Waals surface area contributed by atoms with Crippen LogP contribution in [0.1, 0.15) is 40.5 Å². The third-order valence-electron chi connectivity index (χ3n) is 1.79. The monoisotopic (exact) mass is 210 g/mol. The quantitative estimate of drug-likeness (QED) is 0.381. The number of unbranched alkanes of at least 4 members (excludes halogenated alkanes) is 1. The van der Waals surface area contributed by atoms with Gasteiger partial charge in [-0.3, -0.25) is 0 Å². The fourth-order valence-corrected chi connectivity index (χ4v) is 1.10. The number of rotatable bonds is 6. The van der Waals surface area contributed by atoms with E-state index >= 15 is 0 Å². The molecule has 0 aliphatic heterocycles. The summed E-state index contributed by atoms with van der Waals surface area (Å²) in [5, 5.41) is 0. The Hall–Kier alpha value is -0.780. The average molecular weight is 210 g/mol. The molecule has 0 rings (SSSR count). The van der Waals surface area contributed by atoms with Crippen molar-refractivity contribution >= 4 is 0 Å². The fraction of sp³-hybridized carbons (Fsp3) is 0.692. The number of hydrogen-bond donors (Lipinski definition) is 0. The summed E-state index contributed by atoms with van der Waals surface area (Å²) in [6, 6.07) is 0. The van der Waals surface area contributed by atoms with Gasteiger partial charge in [0.2, 0.25) is 0 Å². The maximum atomic E-state index is 5.64. The van der Waals surface area contributed by atoms with Gasteiger partial charge in [-0.15, -0.1) is 0 Å². The second-order valence-corrected chi connectivity index (χ2v) is 3.89. The molecule has 0 radical (unpaired) electrons. The second kappa shape index (κ2) is 7.50. The van der Waals surface area contributed by atoms with Crippen LogP contribution in [0.25, 0.3) is 0 Å². The molecule has 1 atom stereocenters. The summed E-state index contributed by atoms with van der Waals surface area (Å²) < 4.78 is 11.1. The van der Waals surface area contributed by atoms with Gasteiger partial charge < -0.3 is 9.47 Å². The van der Waals surface area contributed by atoms with E-state index in [1.807, 2.05) is 20.8 Å². The second-order valence-electron chi connectivity index (χ2n) is 3.89. The van der Waals surface area contributed by atoms with Gasteiger partial charge in [0.1, 0.15) is 5.60 Å². The van der Waals surface area contributed by atoms with Crippen molar-refractivity contribution in [3.8, 4) is 11.8 Å². The number of ether oxygens (including phenoxy) is 2. The highest BCUT2D eigenvalue weighted by Crippen LogP contribution is 2.12. The first-order valence-corrected chi connectivity index (χ1v) is 5.45. The van der Waals surface area contributed by atoms with Crippen molar-refractivity contribution in [1.29, 1.82) is 0 Å². The fourth-order valence-electron chi connectivity index (χ4n) is 1.10. The molecule has 0 aromatic rings. The van der Waals surface area contributed by atoms with Gasteiger partial charge in [-0.05, 0) is 33.3 Å². The molecule has 0 aliphatic carbocycles. The molecule has 0 saturated carbocycles.